The van der Waals surface area contributed by atoms with Crippen LogP contribution in [0.3, 0.4) is 0 Å². The molecule has 0 saturated heterocycles. The smallest absolute Gasteiger partial charge is 0.225 e. The van der Waals surface area contributed by atoms with E-state index < -0.39 is 0 Å². The van der Waals surface area contributed by atoms with E-state index in [0.29, 0.717) is 0 Å². The van der Waals surface area contributed by atoms with Crippen LogP contribution in [0.25, 0.3) is 0 Å². The zero-order valence-electron chi connectivity index (χ0n) is 9.59. The van der Waals surface area contributed by atoms with E-state index in [2.05, 4.69) is 12.2 Å². The number of nitrogens with one attached hydrogen (secondary N) is 1. The maximum atomic E-state index is 12.0. The molecule has 15 heavy (non-hydrogen) atoms. The largest absolute Gasteiger partial charge is 0.351 e. The van der Waals surface area contributed by atoms with Gasteiger partial charge in [0.2, 0.25) is 5.91 Å². The fourth-order valence-corrected chi connectivity index (χ4v) is 2.98. The lowest BCUT2D eigenvalue weighted by atomic mass is 9.97. The second-order valence-corrected chi connectivity index (χ2v) is 5.46. The third-order valence-corrected chi connectivity index (χ3v) is 4.04. The molecule has 0 aromatic carbocycles. The lowest BCUT2D eigenvalue weighted by Gasteiger charge is -2.28. The summed E-state index contributed by atoms with van der Waals surface area (Å²) in [5.41, 5.74) is 5.99. The summed E-state index contributed by atoms with van der Waals surface area (Å²) in [5, 5.41) is 3.21. The number of hydrogen-bond acceptors (Lipinski definition) is 2. The highest BCUT2D eigenvalue weighted by atomic mass is 16.2. The molecule has 86 valence electrons. The summed E-state index contributed by atoms with van der Waals surface area (Å²) >= 11 is 0. The monoisotopic (exact) mass is 210 g/mol. The highest BCUT2D eigenvalue weighted by molar-refractivity contribution is 5.80. The minimum Gasteiger partial charge on any atom is -0.351 e. The van der Waals surface area contributed by atoms with Gasteiger partial charge >= 0.3 is 0 Å². The Morgan fingerprint density at radius 2 is 1.93 bits per heavy atom. The van der Waals surface area contributed by atoms with Gasteiger partial charge in [0, 0.05) is 11.6 Å². The number of amides is 1. The van der Waals surface area contributed by atoms with Crippen molar-refractivity contribution in [2.45, 2.75) is 63.5 Å². The van der Waals surface area contributed by atoms with E-state index >= 15 is 0 Å². The van der Waals surface area contributed by atoms with E-state index in [1.165, 1.54) is 12.8 Å². The molecule has 2 aliphatic rings. The molecule has 0 aromatic rings. The SMILES string of the molecule is CC1(NC(=O)C2CCCC2N)CCCC1. The molecule has 0 aliphatic heterocycles. The van der Waals surface area contributed by atoms with Crippen molar-refractivity contribution in [2.75, 3.05) is 0 Å². The summed E-state index contributed by atoms with van der Waals surface area (Å²) in [6, 6.07) is 0.0926. The van der Waals surface area contributed by atoms with Crippen LogP contribution in [-0.4, -0.2) is 17.5 Å². The summed E-state index contributed by atoms with van der Waals surface area (Å²) in [4.78, 5) is 12.0. The number of carbonyl (C=O) groups excluding carboxylic acids is 1. The highest BCUT2D eigenvalue weighted by Gasteiger charge is 2.36. The Morgan fingerprint density at radius 1 is 1.27 bits per heavy atom. The molecule has 0 heterocycles. The van der Waals surface area contributed by atoms with Crippen LogP contribution in [0.1, 0.15) is 51.9 Å². The Hall–Kier alpha value is -0.570. The second kappa shape index (κ2) is 4.12. The maximum absolute atomic E-state index is 12.0. The zero-order chi connectivity index (χ0) is 10.9. The Kier molecular flexibility index (Phi) is 3.01. The third-order valence-electron chi connectivity index (χ3n) is 4.04. The van der Waals surface area contributed by atoms with Crippen molar-refractivity contribution in [3.8, 4) is 0 Å². The molecule has 2 aliphatic carbocycles. The number of carbonyl (C=O) groups is 1. The van der Waals surface area contributed by atoms with Crippen molar-refractivity contribution in [1.82, 2.24) is 5.32 Å². The molecule has 3 N–H and O–H groups in total. The standard InChI is InChI=1S/C12H22N2O/c1-12(7-2-3-8-12)14-11(15)9-5-4-6-10(9)13/h9-10H,2-8,13H2,1H3,(H,14,15). The molecule has 3 nitrogen and oxygen atoms in total. The van der Waals surface area contributed by atoms with Gasteiger partial charge in [-0.1, -0.05) is 19.3 Å². The Morgan fingerprint density at radius 3 is 2.47 bits per heavy atom. The summed E-state index contributed by atoms with van der Waals surface area (Å²) < 4.78 is 0. The van der Waals surface area contributed by atoms with Crippen LogP contribution in [0.15, 0.2) is 0 Å². The van der Waals surface area contributed by atoms with Gasteiger partial charge in [0.1, 0.15) is 0 Å². The lowest BCUT2D eigenvalue weighted by Crippen LogP contribution is -2.48. The van der Waals surface area contributed by atoms with Gasteiger partial charge in [-0.15, -0.1) is 0 Å². The van der Waals surface area contributed by atoms with E-state index in [9.17, 15) is 4.79 Å². The first-order chi connectivity index (χ1) is 7.11. The van der Waals surface area contributed by atoms with Crippen LogP contribution in [0.5, 0.6) is 0 Å². The fourth-order valence-electron chi connectivity index (χ4n) is 2.98. The maximum Gasteiger partial charge on any atom is 0.225 e. The molecule has 2 fully saturated rings. The quantitative estimate of drug-likeness (QED) is 0.726. The van der Waals surface area contributed by atoms with Crippen LogP contribution < -0.4 is 11.1 Å². The summed E-state index contributed by atoms with van der Waals surface area (Å²) in [6.07, 6.45) is 7.83. The summed E-state index contributed by atoms with van der Waals surface area (Å²) in [5.74, 6) is 0.270. The van der Waals surface area contributed by atoms with E-state index in [0.717, 1.165) is 32.1 Å². The number of nitrogens with two attached hydrogens (primary N) is 1. The van der Waals surface area contributed by atoms with Gasteiger partial charge in [-0.05, 0) is 32.6 Å². The Labute approximate surface area is 91.8 Å². The van der Waals surface area contributed by atoms with Gasteiger partial charge < -0.3 is 11.1 Å². The van der Waals surface area contributed by atoms with Gasteiger partial charge in [-0.3, -0.25) is 4.79 Å². The minimum absolute atomic E-state index is 0.0550. The van der Waals surface area contributed by atoms with Gasteiger partial charge in [0.05, 0.1) is 5.92 Å². The first kappa shape index (κ1) is 10.9. The number of hydrogen-bond donors (Lipinski definition) is 2. The molecule has 1 amide bonds. The van der Waals surface area contributed by atoms with E-state index in [1.54, 1.807) is 0 Å². The van der Waals surface area contributed by atoms with E-state index in [1.807, 2.05) is 0 Å². The fraction of sp³-hybridized carbons (Fsp3) is 0.917. The van der Waals surface area contributed by atoms with Gasteiger partial charge in [0.25, 0.3) is 0 Å². The van der Waals surface area contributed by atoms with Crippen LogP contribution in [0, 0.1) is 5.92 Å². The molecule has 2 saturated carbocycles. The lowest BCUT2D eigenvalue weighted by molar-refractivity contribution is -0.126. The van der Waals surface area contributed by atoms with Crippen molar-refractivity contribution in [3.63, 3.8) is 0 Å². The molecule has 0 radical (unpaired) electrons. The molecular weight excluding hydrogens is 188 g/mol. The van der Waals surface area contributed by atoms with Crippen molar-refractivity contribution in [2.24, 2.45) is 11.7 Å². The molecule has 0 bridgehead atoms. The summed E-state index contributed by atoms with van der Waals surface area (Å²) in [6.45, 7) is 2.17. The molecular formula is C12H22N2O. The minimum atomic E-state index is 0.0550. The van der Waals surface area contributed by atoms with Crippen molar-refractivity contribution in [1.29, 1.82) is 0 Å². The van der Waals surface area contributed by atoms with Crippen LogP contribution in [0.2, 0.25) is 0 Å². The van der Waals surface area contributed by atoms with Crippen LogP contribution in [-0.2, 0) is 4.79 Å². The second-order valence-electron chi connectivity index (χ2n) is 5.46. The number of rotatable bonds is 2. The van der Waals surface area contributed by atoms with Crippen LogP contribution in [0.4, 0.5) is 0 Å². The average molecular weight is 210 g/mol. The van der Waals surface area contributed by atoms with E-state index in [-0.39, 0.29) is 23.4 Å². The van der Waals surface area contributed by atoms with Gasteiger partial charge in [-0.25, -0.2) is 0 Å². The van der Waals surface area contributed by atoms with Gasteiger partial charge in [-0.2, -0.15) is 0 Å². The molecule has 3 heteroatoms. The normalized spacial score (nSPS) is 34.3. The predicted octanol–water partition coefficient (Wildman–Crippen LogP) is 1.56. The van der Waals surface area contributed by atoms with Crippen molar-refractivity contribution in [3.05, 3.63) is 0 Å². The Balaban J connectivity index is 1.91. The zero-order valence-corrected chi connectivity index (χ0v) is 9.59. The predicted molar refractivity (Wildman–Crippen MR) is 60.3 cm³/mol. The summed E-state index contributed by atoms with van der Waals surface area (Å²) in [7, 11) is 0. The van der Waals surface area contributed by atoms with Crippen molar-refractivity contribution < 1.29 is 4.79 Å². The van der Waals surface area contributed by atoms with Gasteiger partial charge in [0.15, 0.2) is 0 Å². The molecule has 0 aromatic heterocycles. The average Bonchev–Trinajstić information content (AvgIpc) is 2.74. The highest BCUT2D eigenvalue weighted by Crippen LogP contribution is 2.31. The Bertz CT molecular complexity index is 246. The first-order valence-corrected chi connectivity index (χ1v) is 6.18. The molecule has 0 spiro atoms. The topological polar surface area (TPSA) is 55.1 Å². The van der Waals surface area contributed by atoms with E-state index in [4.69, 9.17) is 5.73 Å². The molecule has 2 rings (SSSR count). The third kappa shape index (κ3) is 2.33. The molecule has 2 atom stereocenters. The molecule has 2 unspecified atom stereocenters. The van der Waals surface area contributed by atoms with Crippen LogP contribution >= 0.6 is 0 Å². The first-order valence-electron chi connectivity index (χ1n) is 6.18. The van der Waals surface area contributed by atoms with Crippen molar-refractivity contribution >= 4 is 5.91 Å².